The molecule has 0 amide bonds. The van der Waals surface area contributed by atoms with Crippen molar-refractivity contribution in [3.05, 3.63) is 41.5 Å². The van der Waals surface area contributed by atoms with Crippen LogP contribution in [0, 0.1) is 0 Å². The van der Waals surface area contributed by atoms with Crippen LogP contribution in [0.4, 0.5) is 0 Å². The van der Waals surface area contributed by atoms with Crippen LogP contribution >= 0.6 is 0 Å². The highest BCUT2D eigenvalue weighted by Gasteiger charge is 1.94. The van der Waals surface area contributed by atoms with Crippen molar-refractivity contribution >= 4 is 5.70 Å². The van der Waals surface area contributed by atoms with Gasteiger partial charge in [0.2, 0.25) is 0 Å². The largest absolute Gasteiger partial charge is 0.398 e. The zero-order valence-corrected chi connectivity index (χ0v) is 6.96. The van der Waals surface area contributed by atoms with E-state index in [9.17, 15) is 0 Å². The van der Waals surface area contributed by atoms with E-state index in [1.807, 2.05) is 44.2 Å². The molecule has 0 spiro atoms. The molecule has 0 radical (unpaired) electrons. The van der Waals surface area contributed by atoms with Crippen LogP contribution in [0.15, 0.2) is 35.9 Å². The number of rotatable bonds is 1. The van der Waals surface area contributed by atoms with Gasteiger partial charge in [-0.3, -0.25) is 0 Å². The van der Waals surface area contributed by atoms with Gasteiger partial charge in [0.15, 0.2) is 0 Å². The van der Waals surface area contributed by atoms with Crippen LogP contribution in [-0.2, 0) is 0 Å². The minimum Gasteiger partial charge on any atom is -0.398 e. The first-order chi connectivity index (χ1) is 5.22. The third kappa shape index (κ3) is 1.84. The van der Waals surface area contributed by atoms with E-state index in [2.05, 4.69) is 0 Å². The predicted octanol–water partition coefficient (Wildman–Crippen LogP) is 2.40. The van der Waals surface area contributed by atoms with Crippen LogP contribution in [0.5, 0.6) is 0 Å². The smallest absolute Gasteiger partial charge is 0.0373 e. The summed E-state index contributed by atoms with van der Waals surface area (Å²) in [4.78, 5) is 0. The zero-order chi connectivity index (χ0) is 8.27. The first-order valence-corrected chi connectivity index (χ1v) is 3.70. The highest BCUT2D eigenvalue weighted by atomic mass is 14.6. The molecule has 1 rings (SSSR count). The molecular weight excluding hydrogens is 134 g/mol. The van der Waals surface area contributed by atoms with Crippen molar-refractivity contribution in [1.29, 1.82) is 0 Å². The second kappa shape index (κ2) is 3.24. The Morgan fingerprint density at radius 2 is 1.64 bits per heavy atom. The van der Waals surface area contributed by atoms with Crippen molar-refractivity contribution in [1.82, 2.24) is 0 Å². The van der Waals surface area contributed by atoms with E-state index in [4.69, 9.17) is 5.73 Å². The van der Waals surface area contributed by atoms with Gasteiger partial charge in [-0.05, 0) is 19.4 Å². The molecule has 0 saturated carbocycles. The molecule has 0 fully saturated rings. The normalized spacial score (nSPS) is 9.27. The van der Waals surface area contributed by atoms with Crippen molar-refractivity contribution in [3.8, 4) is 0 Å². The van der Waals surface area contributed by atoms with Crippen LogP contribution < -0.4 is 5.73 Å². The van der Waals surface area contributed by atoms with Gasteiger partial charge in [-0.25, -0.2) is 0 Å². The summed E-state index contributed by atoms with van der Waals surface area (Å²) in [6.45, 7) is 4.03. The summed E-state index contributed by atoms with van der Waals surface area (Å²) in [6.07, 6.45) is 0. The molecule has 1 aromatic rings. The Balaban J connectivity index is 3.04. The first-order valence-electron chi connectivity index (χ1n) is 3.70. The summed E-state index contributed by atoms with van der Waals surface area (Å²) in [5.41, 5.74) is 8.96. The maximum absolute atomic E-state index is 5.82. The van der Waals surface area contributed by atoms with E-state index in [1.165, 1.54) is 0 Å². The molecule has 58 valence electrons. The van der Waals surface area contributed by atoms with Crippen LogP contribution in [0.3, 0.4) is 0 Å². The van der Waals surface area contributed by atoms with Crippen molar-refractivity contribution < 1.29 is 0 Å². The molecule has 11 heavy (non-hydrogen) atoms. The van der Waals surface area contributed by atoms with E-state index in [0.29, 0.717) is 0 Å². The standard InChI is InChI=1S/C10H13N/c1-8(2)10(11)9-6-4-3-5-7-9/h3-7H,11H2,1-2H3. The zero-order valence-electron chi connectivity index (χ0n) is 6.96. The number of hydrogen-bond acceptors (Lipinski definition) is 1. The lowest BCUT2D eigenvalue weighted by molar-refractivity contribution is 1.34. The van der Waals surface area contributed by atoms with E-state index in [-0.39, 0.29) is 0 Å². The summed E-state index contributed by atoms with van der Waals surface area (Å²) in [5, 5.41) is 0. The number of hydrogen-bond donors (Lipinski definition) is 1. The van der Waals surface area contributed by atoms with Gasteiger partial charge in [0, 0.05) is 5.70 Å². The Kier molecular flexibility index (Phi) is 2.32. The summed E-state index contributed by atoms with van der Waals surface area (Å²) >= 11 is 0. The van der Waals surface area contributed by atoms with Gasteiger partial charge in [-0.2, -0.15) is 0 Å². The minimum absolute atomic E-state index is 0.880. The van der Waals surface area contributed by atoms with E-state index in [0.717, 1.165) is 16.8 Å². The Morgan fingerprint density at radius 3 is 2.09 bits per heavy atom. The van der Waals surface area contributed by atoms with Gasteiger partial charge in [0.1, 0.15) is 0 Å². The van der Waals surface area contributed by atoms with Crippen LogP contribution in [0.25, 0.3) is 5.70 Å². The van der Waals surface area contributed by atoms with Gasteiger partial charge < -0.3 is 5.73 Å². The highest BCUT2D eigenvalue weighted by molar-refractivity contribution is 5.64. The topological polar surface area (TPSA) is 26.0 Å². The molecule has 0 heterocycles. The van der Waals surface area contributed by atoms with Gasteiger partial charge in [0.05, 0.1) is 0 Å². The van der Waals surface area contributed by atoms with Gasteiger partial charge in [-0.15, -0.1) is 0 Å². The fourth-order valence-corrected chi connectivity index (χ4v) is 0.906. The SMILES string of the molecule is CC(C)=C(N)c1ccccc1. The van der Waals surface area contributed by atoms with Crippen molar-refractivity contribution in [2.24, 2.45) is 5.73 Å². The lowest BCUT2D eigenvalue weighted by Crippen LogP contribution is -1.97. The molecule has 0 aliphatic rings. The van der Waals surface area contributed by atoms with Crippen LogP contribution in [0.2, 0.25) is 0 Å². The number of benzene rings is 1. The molecule has 1 nitrogen and oxygen atoms in total. The lowest BCUT2D eigenvalue weighted by Gasteiger charge is -2.02. The molecule has 0 atom stereocenters. The van der Waals surface area contributed by atoms with Gasteiger partial charge in [-0.1, -0.05) is 35.9 Å². The molecule has 1 heteroatoms. The maximum atomic E-state index is 5.82. The van der Waals surface area contributed by atoms with E-state index >= 15 is 0 Å². The average Bonchev–Trinajstić information content (AvgIpc) is 2.05. The summed E-state index contributed by atoms with van der Waals surface area (Å²) in [7, 11) is 0. The van der Waals surface area contributed by atoms with Crippen molar-refractivity contribution in [3.63, 3.8) is 0 Å². The van der Waals surface area contributed by atoms with Crippen LogP contribution in [0.1, 0.15) is 19.4 Å². The summed E-state index contributed by atoms with van der Waals surface area (Å²) in [5.74, 6) is 0. The monoisotopic (exact) mass is 147 g/mol. The number of nitrogens with two attached hydrogens (primary N) is 1. The Bertz CT molecular complexity index is 255. The molecule has 2 N–H and O–H groups in total. The van der Waals surface area contributed by atoms with Gasteiger partial charge in [0.25, 0.3) is 0 Å². The first kappa shape index (κ1) is 7.86. The summed E-state index contributed by atoms with van der Waals surface area (Å²) in [6, 6.07) is 10.0. The minimum atomic E-state index is 0.880. The van der Waals surface area contributed by atoms with E-state index < -0.39 is 0 Å². The molecule has 0 aromatic heterocycles. The average molecular weight is 147 g/mol. The molecule has 0 bridgehead atoms. The third-order valence-corrected chi connectivity index (χ3v) is 1.62. The maximum Gasteiger partial charge on any atom is 0.0373 e. The molecule has 0 aliphatic carbocycles. The van der Waals surface area contributed by atoms with Crippen molar-refractivity contribution in [2.45, 2.75) is 13.8 Å². The second-order valence-electron chi connectivity index (χ2n) is 2.78. The van der Waals surface area contributed by atoms with E-state index in [1.54, 1.807) is 0 Å². The molecular formula is C10H13N. The third-order valence-electron chi connectivity index (χ3n) is 1.62. The fourth-order valence-electron chi connectivity index (χ4n) is 0.906. The Hall–Kier alpha value is -1.24. The second-order valence-corrected chi connectivity index (χ2v) is 2.78. The van der Waals surface area contributed by atoms with Gasteiger partial charge >= 0.3 is 0 Å². The number of allylic oxidation sites excluding steroid dienone is 1. The molecule has 0 unspecified atom stereocenters. The predicted molar refractivity (Wildman–Crippen MR) is 48.9 cm³/mol. The van der Waals surface area contributed by atoms with Crippen LogP contribution in [-0.4, -0.2) is 0 Å². The highest BCUT2D eigenvalue weighted by Crippen LogP contribution is 2.11. The quantitative estimate of drug-likeness (QED) is 0.648. The lowest BCUT2D eigenvalue weighted by atomic mass is 10.1. The Labute approximate surface area is 67.5 Å². The Morgan fingerprint density at radius 1 is 1.09 bits per heavy atom. The van der Waals surface area contributed by atoms with Crippen molar-refractivity contribution in [2.75, 3.05) is 0 Å². The summed E-state index contributed by atoms with van der Waals surface area (Å²) < 4.78 is 0. The molecule has 0 saturated heterocycles. The molecule has 1 aromatic carbocycles. The fraction of sp³-hybridized carbons (Fsp3) is 0.200. The molecule has 0 aliphatic heterocycles.